The molecule has 16 heavy (non-hydrogen) atoms. The van der Waals surface area contributed by atoms with Gasteiger partial charge < -0.3 is 16.2 Å². The summed E-state index contributed by atoms with van der Waals surface area (Å²) in [5.74, 6) is -2.93. The smallest absolute Gasteiger partial charge is 0.326 e. The van der Waals surface area contributed by atoms with Crippen molar-refractivity contribution in [3.05, 3.63) is 11.9 Å². The van der Waals surface area contributed by atoms with Crippen molar-refractivity contribution >= 4 is 17.8 Å². The van der Waals surface area contributed by atoms with Crippen LogP contribution in [0, 0.1) is 0 Å². The Bertz CT molecular complexity index is 401. The lowest BCUT2D eigenvalue weighted by Crippen LogP contribution is -2.43. The number of aromatic amines is 1. The van der Waals surface area contributed by atoms with Gasteiger partial charge in [0.05, 0.1) is 12.6 Å². The van der Waals surface area contributed by atoms with Gasteiger partial charge in [-0.3, -0.25) is 9.59 Å². The van der Waals surface area contributed by atoms with Crippen molar-refractivity contribution < 1.29 is 19.5 Å². The first kappa shape index (κ1) is 11.6. The monoisotopic (exact) mass is 227 g/mol. The van der Waals surface area contributed by atoms with Crippen LogP contribution in [0.1, 0.15) is 16.9 Å². The molecule has 0 aliphatic heterocycles. The van der Waals surface area contributed by atoms with Crippen LogP contribution >= 0.6 is 0 Å². The number of carboxylic acids is 1. The molecule has 1 atom stereocenters. The Hall–Kier alpha value is -2.45. The molecule has 0 saturated heterocycles. The predicted octanol–water partition coefficient (Wildman–Crippen LogP) is -2.14. The van der Waals surface area contributed by atoms with E-state index in [1.54, 1.807) is 0 Å². The fourth-order valence-corrected chi connectivity index (χ4v) is 0.944. The lowest BCUT2D eigenvalue weighted by atomic mass is 10.2. The number of hydrogen-bond donors (Lipinski definition) is 4. The molecule has 0 aromatic carbocycles. The predicted molar refractivity (Wildman–Crippen MR) is 49.1 cm³/mol. The van der Waals surface area contributed by atoms with E-state index in [1.165, 1.54) is 0 Å². The number of amides is 2. The maximum absolute atomic E-state index is 11.4. The molecule has 0 unspecified atom stereocenters. The molecule has 0 radical (unpaired) electrons. The van der Waals surface area contributed by atoms with Gasteiger partial charge in [0.15, 0.2) is 5.69 Å². The standard InChI is InChI=1S/C7H9N5O4/c8-5(13)1-3(7(15)16)10-6(14)4-2-9-12-11-4/h2-3H,1H2,(H2,8,13)(H,10,14)(H,15,16)(H,9,11,12)/t3-/m1/s1. The van der Waals surface area contributed by atoms with Crippen molar-refractivity contribution in [2.24, 2.45) is 5.73 Å². The molecule has 0 saturated carbocycles. The van der Waals surface area contributed by atoms with Gasteiger partial charge in [-0.2, -0.15) is 15.4 Å². The maximum atomic E-state index is 11.4. The third-order valence-electron chi connectivity index (χ3n) is 1.66. The molecule has 0 aliphatic carbocycles. The summed E-state index contributed by atoms with van der Waals surface area (Å²) in [5.41, 5.74) is 4.76. The van der Waals surface area contributed by atoms with E-state index in [1.807, 2.05) is 0 Å². The summed E-state index contributed by atoms with van der Waals surface area (Å²) in [6.07, 6.45) is 0.636. The van der Waals surface area contributed by atoms with Crippen LogP contribution in [0.15, 0.2) is 6.20 Å². The molecule has 1 aromatic heterocycles. The Labute approximate surface area is 89.0 Å². The second-order valence-electron chi connectivity index (χ2n) is 2.89. The Balaban J connectivity index is 2.65. The summed E-state index contributed by atoms with van der Waals surface area (Å²) in [6, 6.07) is -1.37. The third kappa shape index (κ3) is 3.04. The average molecular weight is 227 g/mol. The van der Waals surface area contributed by atoms with Crippen LogP contribution in [-0.2, 0) is 9.59 Å². The highest BCUT2D eigenvalue weighted by atomic mass is 16.4. The van der Waals surface area contributed by atoms with E-state index in [-0.39, 0.29) is 5.69 Å². The molecule has 1 rings (SSSR count). The first-order valence-electron chi connectivity index (χ1n) is 4.18. The van der Waals surface area contributed by atoms with Gasteiger partial charge in [-0.25, -0.2) is 4.79 Å². The molecule has 9 heteroatoms. The van der Waals surface area contributed by atoms with Gasteiger partial charge in [0.2, 0.25) is 5.91 Å². The number of nitrogens with two attached hydrogens (primary N) is 1. The molecule has 86 valence electrons. The average Bonchev–Trinajstić information content (AvgIpc) is 2.68. The first-order chi connectivity index (χ1) is 7.50. The van der Waals surface area contributed by atoms with Crippen LogP contribution < -0.4 is 11.1 Å². The summed E-state index contributed by atoms with van der Waals surface area (Å²) in [5, 5.41) is 19.8. The minimum atomic E-state index is -1.37. The molecule has 0 fully saturated rings. The minimum Gasteiger partial charge on any atom is -0.480 e. The molecule has 2 amide bonds. The Morgan fingerprint density at radius 1 is 1.56 bits per heavy atom. The van der Waals surface area contributed by atoms with Crippen molar-refractivity contribution in [2.75, 3.05) is 0 Å². The van der Waals surface area contributed by atoms with Crippen LogP contribution in [0.4, 0.5) is 0 Å². The molecular weight excluding hydrogens is 218 g/mol. The second kappa shape index (κ2) is 4.87. The van der Waals surface area contributed by atoms with Crippen LogP contribution in [0.25, 0.3) is 0 Å². The molecule has 1 heterocycles. The topological polar surface area (TPSA) is 151 Å². The number of carbonyl (C=O) groups is 3. The van der Waals surface area contributed by atoms with Gasteiger partial charge in [0.1, 0.15) is 6.04 Å². The summed E-state index contributed by atoms with van der Waals surface area (Å²) >= 11 is 0. The van der Waals surface area contributed by atoms with Gasteiger partial charge in [-0.1, -0.05) is 0 Å². The van der Waals surface area contributed by atoms with E-state index in [0.717, 1.165) is 6.20 Å². The number of rotatable bonds is 5. The van der Waals surface area contributed by atoms with E-state index < -0.39 is 30.2 Å². The number of hydrogen-bond acceptors (Lipinski definition) is 5. The molecule has 1 aromatic rings. The van der Waals surface area contributed by atoms with Crippen LogP contribution in [0.5, 0.6) is 0 Å². The summed E-state index contributed by atoms with van der Waals surface area (Å²) in [4.78, 5) is 32.6. The van der Waals surface area contributed by atoms with E-state index in [4.69, 9.17) is 10.8 Å². The summed E-state index contributed by atoms with van der Waals surface area (Å²) < 4.78 is 0. The highest BCUT2D eigenvalue weighted by molar-refractivity contribution is 5.95. The van der Waals surface area contributed by atoms with Gasteiger partial charge in [0.25, 0.3) is 5.91 Å². The highest BCUT2D eigenvalue weighted by Crippen LogP contribution is 1.95. The first-order valence-corrected chi connectivity index (χ1v) is 4.18. The fourth-order valence-electron chi connectivity index (χ4n) is 0.944. The Kier molecular flexibility index (Phi) is 3.53. The zero-order valence-corrected chi connectivity index (χ0v) is 8.01. The number of carboxylic acid groups (broad SMARTS) is 1. The lowest BCUT2D eigenvalue weighted by Gasteiger charge is -2.10. The normalized spacial score (nSPS) is 11.8. The number of carbonyl (C=O) groups excluding carboxylic acids is 2. The molecule has 0 spiro atoms. The summed E-state index contributed by atoms with van der Waals surface area (Å²) in [7, 11) is 0. The number of nitrogens with one attached hydrogen (secondary N) is 2. The number of nitrogens with zero attached hydrogens (tertiary/aromatic N) is 2. The van der Waals surface area contributed by atoms with Crippen molar-refractivity contribution in [1.29, 1.82) is 0 Å². The third-order valence-corrected chi connectivity index (χ3v) is 1.66. The number of aliphatic carboxylic acids is 1. The minimum absolute atomic E-state index is 0.0734. The van der Waals surface area contributed by atoms with Crippen molar-refractivity contribution in [2.45, 2.75) is 12.5 Å². The highest BCUT2D eigenvalue weighted by Gasteiger charge is 2.23. The van der Waals surface area contributed by atoms with Gasteiger partial charge in [-0.05, 0) is 0 Å². The SMILES string of the molecule is NC(=O)C[C@@H](NC(=O)c1cn[nH]n1)C(=O)O. The van der Waals surface area contributed by atoms with Gasteiger partial charge in [-0.15, -0.1) is 0 Å². The van der Waals surface area contributed by atoms with Crippen LogP contribution in [0.3, 0.4) is 0 Å². The molecule has 9 nitrogen and oxygen atoms in total. The van der Waals surface area contributed by atoms with Crippen molar-refractivity contribution in [1.82, 2.24) is 20.7 Å². The summed E-state index contributed by atoms with van der Waals surface area (Å²) in [6.45, 7) is 0. The number of aromatic nitrogens is 3. The number of primary amides is 1. The van der Waals surface area contributed by atoms with Crippen molar-refractivity contribution in [3.8, 4) is 0 Å². The Morgan fingerprint density at radius 3 is 2.69 bits per heavy atom. The maximum Gasteiger partial charge on any atom is 0.326 e. The van der Waals surface area contributed by atoms with Crippen LogP contribution in [-0.4, -0.2) is 44.3 Å². The second-order valence-corrected chi connectivity index (χ2v) is 2.89. The zero-order valence-electron chi connectivity index (χ0n) is 8.01. The van der Waals surface area contributed by atoms with E-state index in [0.29, 0.717) is 0 Å². The molecule has 5 N–H and O–H groups in total. The quantitative estimate of drug-likeness (QED) is 0.450. The lowest BCUT2D eigenvalue weighted by molar-refractivity contribution is -0.140. The van der Waals surface area contributed by atoms with E-state index in [9.17, 15) is 14.4 Å². The Morgan fingerprint density at radius 2 is 2.25 bits per heavy atom. The van der Waals surface area contributed by atoms with Gasteiger partial charge >= 0.3 is 5.97 Å². The molecule has 0 bridgehead atoms. The fraction of sp³-hybridized carbons (Fsp3) is 0.286. The van der Waals surface area contributed by atoms with Crippen LogP contribution in [0.2, 0.25) is 0 Å². The molecule has 0 aliphatic rings. The largest absolute Gasteiger partial charge is 0.480 e. The zero-order chi connectivity index (χ0) is 12.1. The number of H-pyrrole nitrogens is 1. The van der Waals surface area contributed by atoms with Crippen molar-refractivity contribution in [3.63, 3.8) is 0 Å². The molecular formula is C7H9N5O4. The van der Waals surface area contributed by atoms with E-state index >= 15 is 0 Å². The van der Waals surface area contributed by atoms with E-state index in [2.05, 4.69) is 20.7 Å². The van der Waals surface area contributed by atoms with Gasteiger partial charge in [0, 0.05) is 0 Å².